The summed E-state index contributed by atoms with van der Waals surface area (Å²) in [5.41, 5.74) is 7.08. The van der Waals surface area contributed by atoms with E-state index in [2.05, 4.69) is 46.2 Å². The molecule has 1 aliphatic rings. The Hall–Kier alpha value is -0.500. The molecule has 2 N–H and O–H groups in total. The van der Waals surface area contributed by atoms with Crippen LogP contribution >= 0.6 is 0 Å². The van der Waals surface area contributed by atoms with Gasteiger partial charge in [-0.25, -0.2) is 0 Å². The van der Waals surface area contributed by atoms with E-state index >= 15 is 0 Å². The van der Waals surface area contributed by atoms with Gasteiger partial charge in [0, 0.05) is 12.2 Å². The van der Waals surface area contributed by atoms with Crippen LogP contribution in [0, 0.1) is 11.3 Å². The van der Waals surface area contributed by atoms with Crippen molar-refractivity contribution in [3.8, 4) is 0 Å². The van der Waals surface area contributed by atoms with Crippen LogP contribution in [0.5, 0.6) is 0 Å². The molecule has 0 heterocycles. The molecule has 0 radical (unpaired) electrons. The highest BCUT2D eigenvalue weighted by molar-refractivity contribution is 4.93. The summed E-state index contributed by atoms with van der Waals surface area (Å²) in [6.07, 6.45) is 10.4. The molecule has 0 aromatic rings. The molecule has 2 heteroatoms. The third kappa shape index (κ3) is 17.7. The van der Waals surface area contributed by atoms with Crippen molar-refractivity contribution >= 4 is 0 Å². The molecule has 0 spiro atoms. The van der Waals surface area contributed by atoms with Crippen molar-refractivity contribution in [2.45, 2.75) is 92.9 Å². The Bertz CT molecular complexity index is 264. The summed E-state index contributed by atoms with van der Waals surface area (Å²) in [5, 5.41) is 0. The number of allylic oxidation sites excluding steroid dienone is 1. The second-order valence-electron chi connectivity index (χ2n) is 7.65. The van der Waals surface area contributed by atoms with Gasteiger partial charge in [0.05, 0.1) is 0 Å². The van der Waals surface area contributed by atoms with Gasteiger partial charge >= 0.3 is 0 Å². The Labute approximate surface area is 147 Å². The first-order valence-corrected chi connectivity index (χ1v) is 9.93. The van der Waals surface area contributed by atoms with Gasteiger partial charge in [-0.2, -0.15) is 0 Å². The highest BCUT2D eigenvalue weighted by Crippen LogP contribution is 2.48. The molecule has 1 saturated carbocycles. The lowest BCUT2D eigenvalue weighted by molar-refractivity contribution is 0.252. The Morgan fingerprint density at radius 3 is 1.96 bits per heavy atom. The minimum Gasteiger partial charge on any atom is -0.403 e. The molecule has 0 bridgehead atoms. The van der Waals surface area contributed by atoms with Gasteiger partial charge in [0.2, 0.25) is 0 Å². The number of nitrogens with zero attached hydrogens (tertiary/aromatic N) is 1. The number of hydrogen-bond donors (Lipinski definition) is 1. The molecular weight excluding hydrogens is 280 g/mol. The maximum atomic E-state index is 5.54. The first kappa shape index (κ1) is 24.7. The van der Waals surface area contributed by atoms with Crippen LogP contribution in [0.2, 0.25) is 0 Å². The monoisotopic (exact) mass is 326 g/mol. The fourth-order valence-corrected chi connectivity index (χ4v) is 2.54. The predicted octanol–water partition coefficient (Wildman–Crippen LogP) is 6.22. The van der Waals surface area contributed by atoms with Gasteiger partial charge in [0.25, 0.3) is 0 Å². The van der Waals surface area contributed by atoms with Gasteiger partial charge in [0.1, 0.15) is 0 Å². The average molecular weight is 327 g/mol. The number of nitrogens with two attached hydrogens (primary N) is 1. The van der Waals surface area contributed by atoms with Crippen LogP contribution in [0.15, 0.2) is 12.3 Å². The van der Waals surface area contributed by atoms with E-state index in [-0.39, 0.29) is 0 Å². The minimum atomic E-state index is 0.700. The van der Waals surface area contributed by atoms with E-state index in [4.69, 9.17) is 5.73 Å². The summed E-state index contributed by atoms with van der Waals surface area (Å²) in [5.74, 6) is 0.833. The first-order chi connectivity index (χ1) is 10.8. The molecule has 2 nitrogen and oxygen atoms in total. The van der Waals surface area contributed by atoms with Crippen molar-refractivity contribution in [1.82, 2.24) is 4.90 Å². The summed E-state index contributed by atoms with van der Waals surface area (Å²) in [6.45, 7) is 19.1. The Kier molecular flexibility index (Phi) is 16.2. The minimum absolute atomic E-state index is 0.700. The molecule has 0 aliphatic heterocycles. The lowest BCUT2D eigenvalue weighted by atomic mass is 10.0. The summed E-state index contributed by atoms with van der Waals surface area (Å²) in [6, 6.07) is 0. The van der Waals surface area contributed by atoms with E-state index in [0.717, 1.165) is 18.0 Å². The van der Waals surface area contributed by atoms with Crippen LogP contribution in [0.4, 0.5) is 0 Å². The molecule has 1 aliphatic carbocycles. The van der Waals surface area contributed by atoms with Crippen LogP contribution in [-0.2, 0) is 0 Å². The van der Waals surface area contributed by atoms with E-state index in [1.165, 1.54) is 58.0 Å². The van der Waals surface area contributed by atoms with Gasteiger partial charge in [-0.3, -0.25) is 0 Å². The molecule has 1 rings (SSSR count). The van der Waals surface area contributed by atoms with E-state index < -0.39 is 0 Å². The molecule has 0 aromatic heterocycles. The molecule has 0 aromatic carbocycles. The largest absolute Gasteiger partial charge is 0.403 e. The van der Waals surface area contributed by atoms with Gasteiger partial charge < -0.3 is 10.6 Å². The second-order valence-corrected chi connectivity index (χ2v) is 7.65. The quantitative estimate of drug-likeness (QED) is 0.483. The van der Waals surface area contributed by atoms with Crippen molar-refractivity contribution in [2.24, 2.45) is 17.1 Å². The molecule has 0 unspecified atom stereocenters. The van der Waals surface area contributed by atoms with Crippen LogP contribution in [0.25, 0.3) is 0 Å². The topological polar surface area (TPSA) is 29.3 Å². The zero-order valence-corrected chi connectivity index (χ0v) is 17.4. The lowest BCUT2D eigenvalue weighted by Gasteiger charge is -2.22. The molecule has 1 fully saturated rings. The average Bonchev–Trinajstić information content (AvgIpc) is 3.24. The van der Waals surface area contributed by atoms with E-state index in [9.17, 15) is 0 Å². The van der Waals surface area contributed by atoms with Crippen molar-refractivity contribution in [3.05, 3.63) is 12.3 Å². The van der Waals surface area contributed by atoms with Crippen LogP contribution in [-0.4, -0.2) is 25.0 Å². The number of unbranched alkanes of at least 4 members (excludes halogenated alkanes) is 3. The van der Waals surface area contributed by atoms with Crippen molar-refractivity contribution in [2.75, 3.05) is 20.1 Å². The van der Waals surface area contributed by atoms with E-state index in [1.807, 2.05) is 13.8 Å². The fourth-order valence-electron chi connectivity index (χ4n) is 2.54. The van der Waals surface area contributed by atoms with Gasteiger partial charge in [0.15, 0.2) is 0 Å². The highest BCUT2D eigenvalue weighted by Gasteiger charge is 2.40. The molecule has 140 valence electrons. The first-order valence-electron chi connectivity index (χ1n) is 9.93. The van der Waals surface area contributed by atoms with Crippen LogP contribution in [0.1, 0.15) is 92.9 Å². The van der Waals surface area contributed by atoms with Crippen LogP contribution < -0.4 is 5.73 Å². The third-order valence-electron chi connectivity index (χ3n) is 4.10. The maximum Gasteiger partial charge on any atom is 0.00348 e. The summed E-state index contributed by atoms with van der Waals surface area (Å²) in [4.78, 5) is 2.53. The standard InChI is InChI=1S/C15H30N2.C4H10.C2H6/c1-4-15(10-11-15)13-17(3)12-8-6-5-7-9-14(2)16;1-4(2)3;1-2/h2,4-13,16H2,1,3H3;4H,1-3H3;1-2H3. The molecule has 0 amide bonds. The predicted molar refractivity (Wildman–Crippen MR) is 108 cm³/mol. The fraction of sp³-hybridized carbons (Fsp3) is 0.905. The Morgan fingerprint density at radius 1 is 1.09 bits per heavy atom. The second kappa shape index (κ2) is 15.1. The highest BCUT2D eigenvalue weighted by atomic mass is 15.1. The normalized spacial score (nSPS) is 14.7. The zero-order valence-electron chi connectivity index (χ0n) is 17.4. The van der Waals surface area contributed by atoms with Crippen LogP contribution in [0.3, 0.4) is 0 Å². The van der Waals surface area contributed by atoms with Gasteiger partial charge in [-0.05, 0) is 63.5 Å². The Balaban J connectivity index is 0. The lowest BCUT2D eigenvalue weighted by Crippen LogP contribution is -2.27. The van der Waals surface area contributed by atoms with E-state index in [1.54, 1.807) is 0 Å². The smallest absolute Gasteiger partial charge is 0.00348 e. The SMILES string of the molecule is C=C(N)CCCCCCN(C)CC1(CC)CC1.CC.CC(C)C. The molecule has 0 atom stereocenters. The van der Waals surface area contributed by atoms with Gasteiger partial charge in [-0.15, -0.1) is 0 Å². The third-order valence-corrected chi connectivity index (χ3v) is 4.10. The summed E-state index contributed by atoms with van der Waals surface area (Å²) < 4.78 is 0. The molecule has 23 heavy (non-hydrogen) atoms. The van der Waals surface area contributed by atoms with E-state index in [0.29, 0.717) is 5.41 Å². The maximum absolute atomic E-state index is 5.54. The molecular formula is C21H46N2. The summed E-state index contributed by atoms with van der Waals surface area (Å²) >= 11 is 0. The number of rotatable bonds is 10. The zero-order chi connectivity index (χ0) is 18.3. The van der Waals surface area contributed by atoms with Gasteiger partial charge in [-0.1, -0.05) is 61.0 Å². The van der Waals surface area contributed by atoms with Crippen molar-refractivity contribution < 1.29 is 0 Å². The van der Waals surface area contributed by atoms with Crippen molar-refractivity contribution in [3.63, 3.8) is 0 Å². The number of hydrogen-bond acceptors (Lipinski definition) is 2. The summed E-state index contributed by atoms with van der Waals surface area (Å²) in [7, 11) is 2.28. The van der Waals surface area contributed by atoms with Crippen molar-refractivity contribution in [1.29, 1.82) is 0 Å². The Morgan fingerprint density at radius 2 is 1.57 bits per heavy atom. The molecule has 0 saturated heterocycles.